The molecular formula is C17H15ClFNO5S. The van der Waals surface area contributed by atoms with Gasteiger partial charge >= 0.3 is 5.97 Å². The first-order valence-electron chi connectivity index (χ1n) is 7.29. The molecule has 9 heteroatoms. The number of ketones is 1. The molecule has 26 heavy (non-hydrogen) atoms. The number of halogens is 2. The van der Waals surface area contributed by atoms with Crippen LogP contribution < -0.4 is 4.31 Å². The lowest BCUT2D eigenvalue weighted by atomic mass is 10.1. The molecule has 0 aliphatic carbocycles. The number of nitrogens with zero attached hydrogens (tertiary/aromatic N) is 1. The normalized spacial score (nSPS) is 11.1. The van der Waals surface area contributed by atoms with Crippen molar-refractivity contribution in [2.75, 3.05) is 24.2 Å². The first-order chi connectivity index (χ1) is 12.1. The minimum atomic E-state index is -3.42. The maximum atomic E-state index is 13.6. The zero-order valence-corrected chi connectivity index (χ0v) is 15.5. The van der Waals surface area contributed by atoms with Crippen molar-refractivity contribution in [1.82, 2.24) is 0 Å². The molecule has 0 aliphatic heterocycles. The number of sulfonamides is 1. The SMILES string of the molecule is CN(c1ccc(C(=O)COC(=O)c2c(F)cccc2Cl)cc1)S(C)(=O)=O. The van der Waals surface area contributed by atoms with Gasteiger partial charge in [0.25, 0.3) is 0 Å². The number of rotatable bonds is 6. The topological polar surface area (TPSA) is 80.8 Å². The first kappa shape index (κ1) is 19.9. The molecule has 0 heterocycles. The average Bonchev–Trinajstić information content (AvgIpc) is 2.58. The van der Waals surface area contributed by atoms with Gasteiger partial charge in [0.2, 0.25) is 10.0 Å². The number of carbonyl (C=O) groups excluding carboxylic acids is 2. The Morgan fingerprint density at radius 2 is 1.77 bits per heavy atom. The molecule has 6 nitrogen and oxygen atoms in total. The summed E-state index contributed by atoms with van der Waals surface area (Å²) in [7, 11) is -2.04. The molecule has 0 spiro atoms. The third-order valence-corrected chi connectivity index (χ3v) is 5.07. The summed E-state index contributed by atoms with van der Waals surface area (Å²) in [5.41, 5.74) is 0.148. The predicted molar refractivity (Wildman–Crippen MR) is 95.7 cm³/mol. The molecule has 2 aromatic rings. The van der Waals surface area contributed by atoms with Crippen molar-refractivity contribution in [3.63, 3.8) is 0 Å². The van der Waals surface area contributed by atoms with E-state index in [9.17, 15) is 22.4 Å². The van der Waals surface area contributed by atoms with Crippen LogP contribution in [0.15, 0.2) is 42.5 Å². The maximum absolute atomic E-state index is 13.6. The molecule has 0 radical (unpaired) electrons. The van der Waals surface area contributed by atoms with Gasteiger partial charge in [-0.05, 0) is 36.4 Å². The minimum absolute atomic E-state index is 0.115. The molecule has 0 atom stereocenters. The van der Waals surface area contributed by atoms with Crippen LogP contribution in [-0.4, -0.2) is 40.1 Å². The number of anilines is 1. The van der Waals surface area contributed by atoms with Gasteiger partial charge in [-0.1, -0.05) is 17.7 Å². The van der Waals surface area contributed by atoms with E-state index < -0.39 is 39.8 Å². The Balaban J connectivity index is 2.05. The standard InChI is InChI=1S/C17H15ClFNO5S/c1-20(26(2,23)24)12-8-6-11(7-9-12)15(21)10-25-17(22)16-13(18)4-3-5-14(16)19/h3-9H,10H2,1-2H3. The Hall–Kier alpha value is -2.45. The van der Waals surface area contributed by atoms with E-state index in [1.54, 1.807) is 0 Å². The third kappa shape index (κ3) is 4.59. The summed E-state index contributed by atoms with van der Waals surface area (Å²) in [6.07, 6.45) is 1.05. The van der Waals surface area contributed by atoms with Crippen molar-refractivity contribution in [3.05, 3.63) is 64.4 Å². The van der Waals surface area contributed by atoms with Gasteiger partial charge in [-0.25, -0.2) is 17.6 Å². The van der Waals surface area contributed by atoms with Crippen molar-refractivity contribution in [3.8, 4) is 0 Å². The number of hydrogen-bond acceptors (Lipinski definition) is 5. The summed E-state index contributed by atoms with van der Waals surface area (Å²) in [4.78, 5) is 24.0. The van der Waals surface area contributed by atoms with Gasteiger partial charge in [0, 0.05) is 12.6 Å². The van der Waals surface area contributed by atoms with Gasteiger partial charge in [-0.15, -0.1) is 0 Å². The number of hydrogen-bond donors (Lipinski definition) is 0. The minimum Gasteiger partial charge on any atom is -0.454 e. The predicted octanol–water partition coefficient (Wildman–Crippen LogP) is 2.91. The molecule has 0 unspecified atom stereocenters. The molecule has 0 saturated carbocycles. The van der Waals surface area contributed by atoms with Crippen LogP contribution in [0, 0.1) is 5.82 Å². The van der Waals surface area contributed by atoms with Gasteiger partial charge < -0.3 is 4.74 Å². The molecule has 0 amide bonds. The van der Waals surface area contributed by atoms with Crippen LogP contribution in [0.3, 0.4) is 0 Å². The van der Waals surface area contributed by atoms with E-state index in [-0.39, 0.29) is 10.6 Å². The second-order valence-electron chi connectivity index (χ2n) is 5.37. The monoisotopic (exact) mass is 399 g/mol. The second-order valence-corrected chi connectivity index (χ2v) is 7.79. The van der Waals surface area contributed by atoms with E-state index in [0.717, 1.165) is 16.6 Å². The molecule has 2 rings (SSSR count). The molecule has 0 N–H and O–H groups in total. The van der Waals surface area contributed by atoms with E-state index >= 15 is 0 Å². The number of Topliss-reactive ketones (excluding diaryl/α,β-unsaturated/α-hetero) is 1. The summed E-state index contributed by atoms with van der Waals surface area (Å²) in [6.45, 7) is -0.606. The van der Waals surface area contributed by atoms with Crippen LogP contribution in [0.25, 0.3) is 0 Å². The summed E-state index contributed by atoms with van der Waals surface area (Å²) in [5.74, 6) is -2.42. The zero-order chi connectivity index (χ0) is 19.5. The van der Waals surface area contributed by atoms with E-state index in [1.807, 2.05) is 0 Å². The van der Waals surface area contributed by atoms with E-state index in [1.165, 1.54) is 43.4 Å². The van der Waals surface area contributed by atoms with Crippen LogP contribution in [0.5, 0.6) is 0 Å². The van der Waals surface area contributed by atoms with Gasteiger partial charge in [-0.3, -0.25) is 9.10 Å². The van der Waals surface area contributed by atoms with Gasteiger partial charge in [0.15, 0.2) is 12.4 Å². The van der Waals surface area contributed by atoms with Crippen molar-refractivity contribution in [2.24, 2.45) is 0 Å². The van der Waals surface area contributed by atoms with Crippen LogP contribution in [0.2, 0.25) is 5.02 Å². The van der Waals surface area contributed by atoms with Crippen LogP contribution in [-0.2, 0) is 14.8 Å². The number of benzene rings is 2. The first-order valence-corrected chi connectivity index (χ1v) is 9.52. The molecule has 0 aromatic heterocycles. The number of carbonyl (C=O) groups is 2. The third-order valence-electron chi connectivity index (χ3n) is 3.55. The van der Waals surface area contributed by atoms with E-state index in [0.29, 0.717) is 5.69 Å². The average molecular weight is 400 g/mol. The van der Waals surface area contributed by atoms with Crippen LogP contribution in [0.4, 0.5) is 10.1 Å². The molecule has 0 bridgehead atoms. The molecule has 0 aliphatic rings. The lowest BCUT2D eigenvalue weighted by molar-refractivity contribution is 0.0470. The molecule has 138 valence electrons. The van der Waals surface area contributed by atoms with Crippen molar-refractivity contribution in [1.29, 1.82) is 0 Å². The molecule has 2 aromatic carbocycles. The van der Waals surface area contributed by atoms with E-state index in [2.05, 4.69) is 0 Å². The molecule has 0 saturated heterocycles. The quantitative estimate of drug-likeness (QED) is 0.551. The van der Waals surface area contributed by atoms with Crippen molar-refractivity contribution >= 4 is 39.1 Å². The Labute approximate surface area is 155 Å². The highest BCUT2D eigenvalue weighted by atomic mass is 35.5. The Morgan fingerprint density at radius 1 is 1.15 bits per heavy atom. The fourth-order valence-electron chi connectivity index (χ4n) is 2.03. The van der Waals surface area contributed by atoms with Gasteiger partial charge in [0.05, 0.1) is 17.0 Å². The highest BCUT2D eigenvalue weighted by molar-refractivity contribution is 7.92. The molecule has 0 fully saturated rings. The second kappa shape index (κ2) is 7.84. The summed E-state index contributed by atoms with van der Waals surface area (Å²) < 4.78 is 42.5. The largest absolute Gasteiger partial charge is 0.454 e. The molecular weight excluding hydrogens is 385 g/mol. The fraction of sp³-hybridized carbons (Fsp3) is 0.176. The van der Waals surface area contributed by atoms with Crippen LogP contribution in [0.1, 0.15) is 20.7 Å². The summed E-state index contributed by atoms with van der Waals surface area (Å²) >= 11 is 5.76. The highest BCUT2D eigenvalue weighted by Crippen LogP contribution is 2.20. The lowest BCUT2D eigenvalue weighted by Gasteiger charge is -2.16. The van der Waals surface area contributed by atoms with Crippen molar-refractivity contribution < 1.29 is 27.1 Å². The number of ether oxygens (including phenoxy) is 1. The maximum Gasteiger partial charge on any atom is 0.343 e. The fourth-order valence-corrected chi connectivity index (χ4v) is 2.77. The van der Waals surface area contributed by atoms with Gasteiger partial charge in [-0.2, -0.15) is 0 Å². The lowest BCUT2D eigenvalue weighted by Crippen LogP contribution is -2.24. The van der Waals surface area contributed by atoms with Crippen LogP contribution >= 0.6 is 11.6 Å². The Kier molecular flexibility index (Phi) is 5.99. The van der Waals surface area contributed by atoms with Gasteiger partial charge in [0.1, 0.15) is 11.4 Å². The van der Waals surface area contributed by atoms with E-state index in [4.69, 9.17) is 16.3 Å². The zero-order valence-electron chi connectivity index (χ0n) is 13.9. The number of esters is 1. The Bertz CT molecular complexity index is 924. The smallest absolute Gasteiger partial charge is 0.343 e. The summed E-state index contributed by atoms with van der Waals surface area (Å²) in [5, 5.41) is -0.115. The highest BCUT2D eigenvalue weighted by Gasteiger charge is 2.19. The Morgan fingerprint density at radius 3 is 2.31 bits per heavy atom. The summed E-state index contributed by atoms with van der Waals surface area (Å²) in [6, 6.07) is 9.44. The van der Waals surface area contributed by atoms with Crippen molar-refractivity contribution in [2.45, 2.75) is 0 Å².